The Kier molecular flexibility index (Phi) is 4.06. The molecule has 0 atom stereocenters. The van der Waals surface area contributed by atoms with Gasteiger partial charge in [-0.05, 0) is 49.3 Å². The molecule has 0 unspecified atom stereocenters. The quantitative estimate of drug-likeness (QED) is 0.682. The first-order valence-corrected chi connectivity index (χ1v) is 8.86. The Morgan fingerprint density at radius 3 is 2.62 bits per heavy atom. The van der Waals surface area contributed by atoms with E-state index in [2.05, 4.69) is 22.3 Å². The van der Waals surface area contributed by atoms with Gasteiger partial charge in [0.25, 0.3) is 5.91 Å². The average molecular weight is 351 g/mol. The highest BCUT2D eigenvalue weighted by Gasteiger charge is 2.52. The fraction of sp³-hybridized carbons (Fsp3) is 0.368. The van der Waals surface area contributed by atoms with E-state index >= 15 is 0 Å². The van der Waals surface area contributed by atoms with Crippen LogP contribution in [-0.4, -0.2) is 38.3 Å². The first-order chi connectivity index (χ1) is 12.6. The lowest BCUT2D eigenvalue weighted by Gasteiger charge is -2.33. The Hall–Kier alpha value is -2.96. The molecule has 2 aliphatic rings. The van der Waals surface area contributed by atoms with Crippen LogP contribution in [0.4, 0.5) is 4.79 Å². The lowest BCUT2D eigenvalue weighted by atomic mass is 9.77. The number of benzene rings is 1. The smallest absolute Gasteiger partial charge is 0.321 e. The molecule has 7 heteroatoms. The Labute approximate surface area is 151 Å². The number of urea groups is 1. The van der Waals surface area contributed by atoms with Gasteiger partial charge in [-0.25, -0.2) is 9.78 Å². The summed E-state index contributed by atoms with van der Waals surface area (Å²) in [7, 11) is 0. The molecule has 1 aliphatic heterocycles. The van der Waals surface area contributed by atoms with Crippen LogP contribution < -0.4 is 5.32 Å². The van der Waals surface area contributed by atoms with Crippen molar-refractivity contribution < 1.29 is 9.59 Å². The van der Waals surface area contributed by atoms with Crippen LogP contribution in [0.25, 0.3) is 5.69 Å². The van der Waals surface area contributed by atoms with Gasteiger partial charge in [0.15, 0.2) is 0 Å². The second kappa shape index (κ2) is 6.40. The van der Waals surface area contributed by atoms with Crippen molar-refractivity contribution >= 4 is 18.2 Å². The molecule has 1 aromatic heterocycles. The van der Waals surface area contributed by atoms with E-state index in [-0.39, 0.29) is 5.91 Å². The molecule has 1 N–H and O–H groups in total. The van der Waals surface area contributed by atoms with Crippen molar-refractivity contribution in [3.63, 3.8) is 0 Å². The standard InChI is InChI=1S/C19H21N5O2/c1-14-6-8-19(9-7-14)17(25)24(18(26)22-19)21-12-15-2-4-16(5-3-15)23-11-10-20-13-23/h2-5,10-14H,6-9H2,1H3,(H,22,26)/b21-12+. The summed E-state index contributed by atoms with van der Waals surface area (Å²) in [6.45, 7) is 2.18. The molecule has 0 radical (unpaired) electrons. The van der Waals surface area contributed by atoms with E-state index in [9.17, 15) is 9.59 Å². The van der Waals surface area contributed by atoms with Crippen molar-refractivity contribution in [2.45, 2.75) is 38.1 Å². The van der Waals surface area contributed by atoms with Crippen LogP contribution in [0.5, 0.6) is 0 Å². The summed E-state index contributed by atoms with van der Waals surface area (Å²) >= 11 is 0. The van der Waals surface area contributed by atoms with Gasteiger partial charge in [-0.2, -0.15) is 5.10 Å². The van der Waals surface area contributed by atoms with Crippen molar-refractivity contribution in [3.8, 4) is 5.69 Å². The number of carbonyl (C=O) groups excluding carboxylic acids is 2. The molecule has 2 heterocycles. The number of hydrogen-bond acceptors (Lipinski definition) is 4. The Balaban J connectivity index is 1.48. The Morgan fingerprint density at radius 2 is 1.96 bits per heavy atom. The molecule has 1 spiro atoms. The fourth-order valence-electron chi connectivity index (χ4n) is 3.57. The van der Waals surface area contributed by atoms with E-state index < -0.39 is 11.6 Å². The molecule has 1 aliphatic carbocycles. The Bertz CT molecular complexity index is 833. The molecule has 7 nitrogen and oxygen atoms in total. The second-order valence-corrected chi connectivity index (χ2v) is 7.12. The zero-order valence-electron chi connectivity index (χ0n) is 14.6. The van der Waals surface area contributed by atoms with Gasteiger partial charge < -0.3 is 9.88 Å². The average Bonchev–Trinajstić information content (AvgIpc) is 3.25. The summed E-state index contributed by atoms with van der Waals surface area (Å²) in [5, 5.41) is 7.98. The number of carbonyl (C=O) groups is 2. The lowest BCUT2D eigenvalue weighted by Crippen LogP contribution is -2.49. The van der Waals surface area contributed by atoms with E-state index in [1.54, 1.807) is 18.7 Å². The summed E-state index contributed by atoms with van der Waals surface area (Å²) in [4.78, 5) is 29.0. The molecule has 2 aromatic rings. The SMILES string of the molecule is CC1CCC2(CC1)NC(=O)N(/N=C/c1ccc(-n3ccnc3)cc1)C2=O. The van der Waals surface area contributed by atoms with Gasteiger partial charge in [0.1, 0.15) is 5.54 Å². The monoisotopic (exact) mass is 351 g/mol. The third kappa shape index (κ3) is 2.89. The van der Waals surface area contributed by atoms with E-state index in [4.69, 9.17) is 0 Å². The van der Waals surface area contributed by atoms with Crippen molar-refractivity contribution in [1.29, 1.82) is 0 Å². The van der Waals surface area contributed by atoms with E-state index in [1.165, 1.54) is 0 Å². The van der Waals surface area contributed by atoms with Crippen LogP contribution in [-0.2, 0) is 4.79 Å². The molecule has 1 aromatic carbocycles. The molecular formula is C19H21N5O2. The van der Waals surface area contributed by atoms with Crippen LogP contribution >= 0.6 is 0 Å². The first kappa shape index (κ1) is 16.5. The molecule has 134 valence electrons. The fourth-order valence-corrected chi connectivity index (χ4v) is 3.57. The molecule has 26 heavy (non-hydrogen) atoms. The number of rotatable bonds is 3. The van der Waals surface area contributed by atoms with Crippen LogP contribution in [0.15, 0.2) is 48.1 Å². The molecule has 0 bridgehead atoms. The summed E-state index contributed by atoms with van der Waals surface area (Å²) in [6, 6.07) is 7.19. The minimum absolute atomic E-state index is 0.235. The van der Waals surface area contributed by atoms with Gasteiger partial charge in [0.05, 0.1) is 12.5 Å². The van der Waals surface area contributed by atoms with Gasteiger partial charge in [-0.3, -0.25) is 4.79 Å². The maximum absolute atomic E-state index is 12.7. The highest BCUT2D eigenvalue weighted by atomic mass is 16.2. The topological polar surface area (TPSA) is 79.6 Å². The summed E-state index contributed by atoms with van der Waals surface area (Å²) in [5.74, 6) is 0.359. The minimum Gasteiger partial charge on any atom is -0.321 e. The van der Waals surface area contributed by atoms with Gasteiger partial charge in [0, 0.05) is 18.1 Å². The summed E-state index contributed by atoms with van der Waals surface area (Å²) in [5.41, 5.74) is 1.03. The van der Waals surface area contributed by atoms with Crippen LogP contribution in [0.2, 0.25) is 0 Å². The molecule has 1 saturated heterocycles. The molecule has 3 amide bonds. The third-order valence-corrected chi connectivity index (χ3v) is 5.29. The van der Waals surface area contributed by atoms with Crippen molar-refractivity contribution in [3.05, 3.63) is 48.5 Å². The predicted molar refractivity (Wildman–Crippen MR) is 96.9 cm³/mol. The summed E-state index contributed by atoms with van der Waals surface area (Å²) in [6.07, 6.45) is 10.1. The predicted octanol–water partition coefficient (Wildman–Crippen LogP) is 2.71. The van der Waals surface area contributed by atoms with Crippen LogP contribution in [0.3, 0.4) is 0 Å². The van der Waals surface area contributed by atoms with Gasteiger partial charge in [0.2, 0.25) is 0 Å². The normalized spacial score (nSPS) is 26.0. The van der Waals surface area contributed by atoms with Crippen molar-refractivity contribution in [2.24, 2.45) is 11.0 Å². The van der Waals surface area contributed by atoms with Crippen molar-refractivity contribution in [1.82, 2.24) is 19.9 Å². The Morgan fingerprint density at radius 1 is 1.23 bits per heavy atom. The number of hydrogen-bond donors (Lipinski definition) is 1. The highest BCUT2D eigenvalue weighted by Crippen LogP contribution is 2.36. The number of imide groups is 1. The number of nitrogens with zero attached hydrogens (tertiary/aromatic N) is 4. The molecule has 1 saturated carbocycles. The van der Waals surface area contributed by atoms with E-state index in [0.717, 1.165) is 29.1 Å². The van der Waals surface area contributed by atoms with Crippen molar-refractivity contribution in [2.75, 3.05) is 0 Å². The van der Waals surface area contributed by atoms with Crippen LogP contribution in [0.1, 0.15) is 38.2 Å². The number of amides is 3. The van der Waals surface area contributed by atoms with E-state index in [0.29, 0.717) is 18.8 Å². The molecular weight excluding hydrogens is 330 g/mol. The van der Waals surface area contributed by atoms with Gasteiger partial charge in [-0.15, -0.1) is 5.01 Å². The zero-order valence-corrected chi connectivity index (χ0v) is 14.6. The van der Waals surface area contributed by atoms with Gasteiger partial charge in [-0.1, -0.05) is 19.1 Å². The molecule has 2 fully saturated rings. The maximum Gasteiger partial charge on any atom is 0.346 e. The lowest BCUT2D eigenvalue weighted by molar-refractivity contribution is -0.132. The highest BCUT2D eigenvalue weighted by molar-refractivity contribution is 6.07. The van der Waals surface area contributed by atoms with Gasteiger partial charge >= 0.3 is 6.03 Å². The number of imidazole rings is 1. The first-order valence-electron chi connectivity index (χ1n) is 8.86. The molecule has 4 rings (SSSR count). The summed E-state index contributed by atoms with van der Waals surface area (Å²) < 4.78 is 1.90. The number of hydrazone groups is 1. The minimum atomic E-state index is -0.758. The zero-order chi connectivity index (χ0) is 18.1. The maximum atomic E-state index is 12.7. The van der Waals surface area contributed by atoms with E-state index in [1.807, 2.05) is 35.0 Å². The third-order valence-electron chi connectivity index (χ3n) is 5.29. The second-order valence-electron chi connectivity index (χ2n) is 7.12. The van der Waals surface area contributed by atoms with Crippen LogP contribution in [0, 0.1) is 5.92 Å². The number of aromatic nitrogens is 2. The largest absolute Gasteiger partial charge is 0.346 e. The number of nitrogens with one attached hydrogen (secondary N) is 1.